The van der Waals surface area contributed by atoms with Gasteiger partial charge in [-0.15, -0.1) is 0 Å². The van der Waals surface area contributed by atoms with Crippen LogP contribution in [0.4, 0.5) is 5.69 Å². The summed E-state index contributed by atoms with van der Waals surface area (Å²) in [6, 6.07) is 8.17. The third-order valence-corrected chi connectivity index (χ3v) is 2.53. The van der Waals surface area contributed by atoms with Gasteiger partial charge in [0, 0.05) is 39.0 Å². The van der Waals surface area contributed by atoms with Gasteiger partial charge >= 0.3 is 0 Å². The zero-order valence-corrected chi connectivity index (χ0v) is 11.3. The maximum atomic E-state index is 11.0. The Morgan fingerprint density at radius 2 is 2.00 bits per heavy atom. The molecule has 98 valence electrons. The normalized spacial score (nSPS) is 10.6. The molecule has 0 radical (unpaired) electrons. The van der Waals surface area contributed by atoms with Gasteiger partial charge in [-0.1, -0.05) is 19.1 Å². The molecule has 0 unspecified atom stereocenters. The van der Waals surface area contributed by atoms with Gasteiger partial charge in [-0.2, -0.15) is 0 Å². The predicted molar refractivity (Wildman–Crippen MR) is 76.5 cm³/mol. The molecule has 0 atom stereocenters. The minimum absolute atomic E-state index is 0.0699. The van der Waals surface area contributed by atoms with Crippen molar-refractivity contribution in [3.63, 3.8) is 0 Å². The van der Waals surface area contributed by atoms with E-state index < -0.39 is 0 Å². The fourth-order valence-corrected chi connectivity index (χ4v) is 1.41. The standard InChI is InChI=1S/C14H21N3O/c1-4-14(18)16-10-9-15-11-12-5-7-13(8-6-12)17(2)3/h5-8,11H,4,9-10H2,1-3H3,(H,16,18). The first-order valence-electron chi connectivity index (χ1n) is 6.17. The van der Waals surface area contributed by atoms with Crippen LogP contribution in [-0.4, -0.2) is 39.3 Å². The summed E-state index contributed by atoms with van der Waals surface area (Å²) in [5.41, 5.74) is 2.24. The number of nitrogens with one attached hydrogen (secondary N) is 1. The molecule has 18 heavy (non-hydrogen) atoms. The molecule has 0 saturated heterocycles. The number of aliphatic imine (C=N–C) groups is 1. The van der Waals surface area contributed by atoms with Crippen LogP contribution in [0.2, 0.25) is 0 Å². The van der Waals surface area contributed by atoms with Crippen molar-refractivity contribution in [1.29, 1.82) is 0 Å². The fourth-order valence-electron chi connectivity index (χ4n) is 1.41. The van der Waals surface area contributed by atoms with Gasteiger partial charge in [0.05, 0.1) is 6.54 Å². The molecule has 0 spiro atoms. The van der Waals surface area contributed by atoms with Crippen LogP contribution in [0.5, 0.6) is 0 Å². The molecule has 1 rings (SSSR count). The molecule has 0 aliphatic carbocycles. The van der Waals surface area contributed by atoms with E-state index >= 15 is 0 Å². The molecule has 0 fully saturated rings. The van der Waals surface area contributed by atoms with E-state index in [0.29, 0.717) is 19.5 Å². The molecular formula is C14H21N3O. The number of nitrogens with zero attached hydrogens (tertiary/aromatic N) is 2. The second kappa shape index (κ2) is 7.48. The molecule has 0 aromatic heterocycles. The molecule has 4 nitrogen and oxygen atoms in total. The molecule has 1 N–H and O–H groups in total. The molecule has 0 aliphatic heterocycles. The Hall–Kier alpha value is -1.84. The highest BCUT2D eigenvalue weighted by Gasteiger charge is 1.95. The SMILES string of the molecule is CCC(=O)NCCN=Cc1ccc(N(C)C)cc1. The van der Waals surface area contributed by atoms with Crippen LogP contribution in [0.15, 0.2) is 29.3 Å². The number of carbonyl (C=O) groups is 1. The van der Waals surface area contributed by atoms with Gasteiger partial charge in [-0.25, -0.2) is 0 Å². The minimum atomic E-state index is 0.0699. The molecule has 0 saturated carbocycles. The molecule has 1 aromatic carbocycles. The first kappa shape index (κ1) is 14.2. The second-order valence-corrected chi connectivity index (χ2v) is 4.22. The van der Waals surface area contributed by atoms with Gasteiger partial charge in [0.1, 0.15) is 0 Å². The summed E-state index contributed by atoms with van der Waals surface area (Å²) in [4.78, 5) is 17.3. The lowest BCUT2D eigenvalue weighted by molar-refractivity contribution is -0.120. The highest BCUT2D eigenvalue weighted by molar-refractivity contribution is 5.80. The Bertz CT molecular complexity index is 396. The largest absolute Gasteiger partial charge is 0.378 e. The van der Waals surface area contributed by atoms with E-state index in [1.165, 1.54) is 5.69 Å². The summed E-state index contributed by atoms with van der Waals surface area (Å²) < 4.78 is 0. The van der Waals surface area contributed by atoms with Crippen molar-refractivity contribution in [1.82, 2.24) is 5.32 Å². The summed E-state index contributed by atoms with van der Waals surface area (Å²) >= 11 is 0. The maximum absolute atomic E-state index is 11.0. The highest BCUT2D eigenvalue weighted by atomic mass is 16.1. The Labute approximate surface area is 109 Å². The van der Waals surface area contributed by atoms with E-state index in [-0.39, 0.29) is 5.91 Å². The first-order chi connectivity index (χ1) is 8.63. The van der Waals surface area contributed by atoms with Crippen LogP contribution in [0.25, 0.3) is 0 Å². The lowest BCUT2D eigenvalue weighted by atomic mass is 10.2. The molecule has 0 bridgehead atoms. The van der Waals surface area contributed by atoms with Gasteiger partial charge in [0.15, 0.2) is 0 Å². The summed E-state index contributed by atoms with van der Waals surface area (Å²) in [5.74, 6) is 0.0699. The molecule has 4 heteroatoms. The van der Waals surface area contributed by atoms with E-state index in [4.69, 9.17) is 0 Å². The lowest BCUT2D eigenvalue weighted by Gasteiger charge is -2.11. The lowest BCUT2D eigenvalue weighted by Crippen LogP contribution is -2.24. The van der Waals surface area contributed by atoms with Crippen molar-refractivity contribution in [3.05, 3.63) is 29.8 Å². The Kier molecular flexibility index (Phi) is 5.91. The number of hydrogen-bond acceptors (Lipinski definition) is 3. The predicted octanol–water partition coefficient (Wildman–Crippen LogP) is 1.70. The Morgan fingerprint density at radius 1 is 1.33 bits per heavy atom. The van der Waals surface area contributed by atoms with Crippen LogP contribution in [0, 0.1) is 0 Å². The number of rotatable bonds is 6. The van der Waals surface area contributed by atoms with Crippen molar-refractivity contribution in [2.24, 2.45) is 4.99 Å². The monoisotopic (exact) mass is 247 g/mol. The van der Waals surface area contributed by atoms with Crippen LogP contribution in [-0.2, 0) is 4.79 Å². The zero-order valence-electron chi connectivity index (χ0n) is 11.3. The van der Waals surface area contributed by atoms with E-state index in [9.17, 15) is 4.79 Å². The van der Waals surface area contributed by atoms with Crippen molar-refractivity contribution in [3.8, 4) is 0 Å². The van der Waals surface area contributed by atoms with E-state index in [2.05, 4.69) is 27.3 Å². The van der Waals surface area contributed by atoms with Gasteiger partial charge in [0.2, 0.25) is 5.91 Å². The fraction of sp³-hybridized carbons (Fsp3) is 0.429. The van der Waals surface area contributed by atoms with E-state index in [1.807, 2.05) is 39.4 Å². The maximum Gasteiger partial charge on any atom is 0.219 e. The molecule has 1 aromatic rings. The second-order valence-electron chi connectivity index (χ2n) is 4.22. The molecular weight excluding hydrogens is 226 g/mol. The van der Waals surface area contributed by atoms with Crippen LogP contribution < -0.4 is 10.2 Å². The number of benzene rings is 1. The summed E-state index contributed by atoms with van der Waals surface area (Å²) in [6.45, 7) is 3.05. The van der Waals surface area contributed by atoms with Crippen molar-refractivity contribution < 1.29 is 4.79 Å². The van der Waals surface area contributed by atoms with Crippen molar-refractivity contribution in [2.45, 2.75) is 13.3 Å². The number of carbonyl (C=O) groups excluding carboxylic acids is 1. The average Bonchev–Trinajstić information content (AvgIpc) is 2.38. The van der Waals surface area contributed by atoms with Gasteiger partial charge in [-0.05, 0) is 17.7 Å². The average molecular weight is 247 g/mol. The van der Waals surface area contributed by atoms with E-state index in [1.54, 1.807) is 0 Å². The number of hydrogen-bond donors (Lipinski definition) is 1. The smallest absolute Gasteiger partial charge is 0.219 e. The van der Waals surface area contributed by atoms with Crippen molar-refractivity contribution in [2.75, 3.05) is 32.1 Å². The Balaban J connectivity index is 2.36. The quantitative estimate of drug-likeness (QED) is 0.614. The first-order valence-corrected chi connectivity index (χ1v) is 6.17. The van der Waals surface area contributed by atoms with Crippen molar-refractivity contribution >= 4 is 17.8 Å². The highest BCUT2D eigenvalue weighted by Crippen LogP contribution is 2.10. The van der Waals surface area contributed by atoms with Crippen LogP contribution in [0.1, 0.15) is 18.9 Å². The molecule has 1 amide bonds. The summed E-state index contributed by atoms with van der Waals surface area (Å²) in [5, 5.41) is 2.78. The third kappa shape index (κ3) is 4.99. The number of amides is 1. The van der Waals surface area contributed by atoms with Crippen LogP contribution >= 0.6 is 0 Å². The Morgan fingerprint density at radius 3 is 2.56 bits per heavy atom. The molecule has 0 heterocycles. The van der Waals surface area contributed by atoms with E-state index in [0.717, 1.165) is 5.56 Å². The van der Waals surface area contributed by atoms with Gasteiger partial charge in [0.25, 0.3) is 0 Å². The third-order valence-electron chi connectivity index (χ3n) is 2.53. The summed E-state index contributed by atoms with van der Waals surface area (Å²) in [7, 11) is 4.03. The molecule has 0 aliphatic rings. The van der Waals surface area contributed by atoms with Gasteiger partial charge < -0.3 is 10.2 Å². The summed E-state index contributed by atoms with van der Waals surface area (Å²) in [6.07, 6.45) is 2.35. The minimum Gasteiger partial charge on any atom is -0.378 e. The number of anilines is 1. The topological polar surface area (TPSA) is 44.7 Å². The van der Waals surface area contributed by atoms with Gasteiger partial charge in [-0.3, -0.25) is 9.79 Å². The van der Waals surface area contributed by atoms with Crippen LogP contribution in [0.3, 0.4) is 0 Å². The zero-order chi connectivity index (χ0) is 13.4.